The van der Waals surface area contributed by atoms with Crippen LogP contribution in [0.3, 0.4) is 0 Å². The van der Waals surface area contributed by atoms with E-state index in [0.717, 1.165) is 81.2 Å². The molecule has 2 aromatic heterocycles. The van der Waals surface area contributed by atoms with Crippen LogP contribution in [0.25, 0.3) is 11.3 Å². The summed E-state index contributed by atoms with van der Waals surface area (Å²) < 4.78 is 12.7. The number of methoxy groups -OCH3 is 1. The van der Waals surface area contributed by atoms with Crippen LogP contribution in [0.15, 0.2) is 43.0 Å². The number of hydrogen-bond acceptors (Lipinski definition) is 7. The van der Waals surface area contributed by atoms with E-state index in [9.17, 15) is 9.59 Å². The Balaban J connectivity index is 1.23. The molecule has 9 nitrogen and oxygen atoms in total. The van der Waals surface area contributed by atoms with E-state index in [1.165, 1.54) is 11.1 Å². The molecule has 4 fully saturated rings. The number of esters is 1. The molecular formula is C38H51N5O4. The van der Waals surface area contributed by atoms with Gasteiger partial charge in [-0.3, -0.25) is 19.2 Å². The molecule has 4 aliphatic rings. The van der Waals surface area contributed by atoms with Gasteiger partial charge < -0.3 is 9.47 Å². The minimum Gasteiger partial charge on any atom is -0.496 e. The van der Waals surface area contributed by atoms with Gasteiger partial charge in [0.1, 0.15) is 17.9 Å². The van der Waals surface area contributed by atoms with Crippen molar-refractivity contribution in [1.29, 1.82) is 0 Å². The summed E-state index contributed by atoms with van der Waals surface area (Å²) in [6.45, 7) is 9.25. The Kier molecular flexibility index (Phi) is 9.72. The fraction of sp³-hybridized carbons (Fsp3) is 0.605. The van der Waals surface area contributed by atoms with Crippen LogP contribution < -0.4 is 9.64 Å². The van der Waals surface area contributed by atoms with Gasteiger partial charge in [0.05, 0.1) is 25.6 Å². The summed E-state index contributed by atoms with van der Waals surface area (Å²) in [6.07, 6.45) is 15.8. The van der Waals surface area contributed by atoms with Gasteiger partial charge in [-0.25, -0.2) is 9.97 Å². The smallest absolute Gasteiger partial charge is 0.306 e. The number of hydrogen-bond donors (Lipinski definition) is 0. The summed E-state index contributed by atoms with van der Waals surface area (Å²) in [5, 5.41) is 4.52. The first-order chi connectivity index (χ1) is 22.6. The standard InChI is InChI=1S/C38H51N5O4/c1-6-47-35(44)20-28-7-9-29(10-8-28)36(45)42(34-21-32(39-25-40-34)30-22-41-43(23-30)26(2)3)24-37-13-16-38(17-14-37,18-15-37)31-11-12-33(46-5)27(4)19-31/h11-12,19,21-23,25-26,28-29H,6-10,13-18,20,24H2,1-5H3. The second kappa shape index (κ2) is 13.8. The minimum atomic E-state index is -0.132. The van der Waals surface area contributed by atoms with Gasteiger partial charge >= 0.3 is 5.97 Å². The molecule has 3 aromatic rings. The highest BCUT2D eigenvalue weighted by Gasteiger charge is 2.51. The van der Waals surface area contributed by atoms with Crippen molar-refractivity contribution in [2.24, 2.45) is 17.3 Å². The zero-order valence-corrected chi connectivity index (χ0v) is 28.8. The molecule has 1 aromatic carbocycles. The largest absolute Gasteiger partial charge is 0.496 e. The van der Waals surface area contributed by atoms with Crippen molar-refractivity contribution >= 4 is 17.7 Å². The summed E-state index contributed by atoms with van der Waals surface area (Å²) in [6, 6.07) is 8.93. The average molecular weight is 642 g/mol. The molecule has 0 atom stereocenters. The monoisotopic (exact) mass is 641 g/mol. The number of amides is 1. The van der Waals surface area contributed by atoms with Crippen LogP contribution >= 0.6 is 0 Å². The zero-order valence-electron chi connectivity index (χ0n) is 28.8. The Morgan fingerprint density at radius 3 is 2.36 bits per heavy atom. The number of rotatable bonds is 11. The molecule has 9 heteroatoms. The second-order valence-electron chi connectivity index (χ2n) is 14.7. The molecule has 47 heavy (non-hydrogen) atoms. The van der Waals surface area contributed by atoms with E-state index in [-0.39, 0.29) is 40.6 Å². The number of aromatic nitrogens is 4. The van der Waals surface area contributed by atoms with Gasteiger partial charge in [-0.05, 0) is 126 Å². The molecule has 4 saturated carbocycles. The molecule has 0 N–H and O–H groups in total. The highest BCUT2D eigenvalue weighted by molar-refractivity contribution is 5.94. The molecule has 252 valence electrons. The number of fused-ring (bicyclic) bond motifs is 3. The molecule has 4 aliphatic carbocycles. The second-order valence-corrected chi connectivity index (χ2v) is 14.7. The van der Waals surface area contributed by atoms with Gasteiger partial charge in [-0.2, -0.15) is 5.10 Å². The van der Waals surface area contributed by atoms with E-state index in [2.05, 4.69) is 49.1 Å². The highest BCUT2D eigenvalue weighted by atomic mass is 16.5. The molecule has 1 amide bonds. The SMILES string of the molecule is CCOC(=O)CC1CCC(C(=O)N(CC23CCC(c4ccc(OC)c(C)c4)(CC2)CC3)c2cc(-c3cnn(C(C)C)c3)ncn2)CC1. The molecule has 0 radical (unpaired) electrons. The fourth-order valence-corrected chi connectivity index (χ4v) is 8.44. The number of ether oxygens (including phenoxy) is 2. The lowest BCUT2D eigenvalue weighted by molar-refractivity contribution is -0.144. The summed E-state index contributed by atoms with van der Waals surface area (Å²) in [5.74, 6) is 1.84. The number of benzene rings is 1. The van der Waals surface area contributed by atoms with E-state index < -0.39 is 0 Å². The molecule has 7 rings (SSSR count). The first-order valence-corrected chi connectivity index (χ1v) is 17.6. The van der Waals surface area contributed by atoms with Crippen molar-refractivity contribution in [3.8, 4) is 17.0 Å². The lowest BCUT2D eigenvalue weighted by atomic mass is 9.51. The Morgan fingerprint density at radius 2 is 1.74 bits per heavy atom. The average Bonchev–Trinajstić information content (AvgIpc) is 3.60. The maximum absolute atomic E-state index is 14.5. The van der Waals surface area contributed by atoms with Gasteiger partial charge in [0.2, 0.25) is 5.91 Å². The fourth-order valence-electron chi connectivity index (χ4n) is 8.44. The van der Waals surface area contributed by atoms with Crippen LogP contribution in [0, 0.1) is 24.2 Å². The first-order valence-electron chi connectivity index (χ1n) is 17.6. The van der Waals surface area contributed by atoms with Gasteiger partial charge in [0.15, 0.2) is 0 Å². The third-order valence-electron chi connectivity index (χ3n) is 11.5. The minimum absolute atomic E-state index is 0.0632. The van der Waals surface area contributed by atoms with Crippen molar-refractivity contribution in [3.05, 3.63) is 54.1 Å². The predicted molar refractivity (Wildman–Crippen MR) is 182 cm³/mol. The summed E-state index contributed by atoms with van der Waals surface area (Å²) in [4.78, 5) is 38.0. The van der Waals surface area contributed by atoms with Crippen LogP contribution in [0.2, 0.25) is 0 Å². The van der Waals surface area contributed by atoms with Crippen LogP contribution in [0.1, 0.15) is 109 Å². The summed E-state index contributed by atoms with van der Waals surface area (Å²) >= 11 is 0. The van der Waals surface area contributed by atoms with Gasteiger partial charge in [-0.15, -0.1) is 0 Å². The number of anilines is 1. The maximum atomic E-state index is 14.5. The Labute approximate surface area is 279 Å². The van der Waals surface area contributed by atoms with Crippen molar-refractivity contribution in [2.75, 3.05) is 25.2 Å². The van der Waals surface area contributed by atoms with Gasteiger partial charge in [0.25, 0.3) is 0 Å². The van der Waals surface area contributed by atoms with Gasteiger partial charge in [-0.1, -0.05) is 12.1 Å². The highest BCUT2D eigenvalue weighted by Crippen LogP contribution is 2.58. The topological polar surface area (TPSA) is 99.4 Å². The van der Waals surface area contributed by atoms with Crippen LogP contribution in [-0.2, 0) is 19.7 Å². The Bertz CT molecular complexity index is 1550. The van der Waals surface area contributed by atoms with Crippen molar-refractivity contribution in [3.63, 3.8) is 0 Å². The number of carbonyl (C=O) groups excluding carboxylic acids is 2. The van der Waals surface area contributed by atoms with E-state index in [0.29, 0.717) is 25.4 Å². The van der Waals surface area contributed by atoms with E-state index in [1.54, 1.807) is 13.4 Å². The third kappa shape index (κ3) is 6.95. The molecule has 0 saturated heterocycles. The van der Waals surface area contributed by atoms with Crippen molar-refractivity contribution in [1.82, 2.24) is 19.7 Å². The maximum Gasteiger partial charge on any atom is 0.306 e. The molecule has 0 unspecified atom stereocenters. The van der Waals surface area contributed by atoms with E-state index in [1.807, 2.05) is 35.0 Å². The number of aryl methyl sites for hydroxylation is 1. The van der Waals surface area contributed by atoms with Crippen LogP contribution in [0.4, 0.5) is 5.82 Å². The molecule has 2 bridgehead atoms. The molecule has 0 spiro atoms. The number of carbonyl (C=O) groups is 2. The summed E-state index contributed by atoms with van der Waals surface area (Å²) in [5.41, 5.74) is 4.57. The first kappa shape index (κ1) is 33.2. The van der Waals surface area contributed by atoms with E-state index >= 15 is 0 Å². The number of nitrogens with zero attached hydrogens (tertiary/aromatic N) is 5. The molecule has 0 aliphatic heterocycles. The van der Waals surface area contributed by atoms with Crippen molar-refractivity contribution < 1.29 is 19.1 Å². The lowest BCUT2D eigenvalue weighted by Gasteiger charge is -2.55. The third-order valence-corrected chi connectivity index (χ3v) is 11.5. The Hall–Kier alpha value is -3.75. The lowest BCUT2D eigenvalue weighted by Crippen LogP contribution is -2.52. The normalized spacial score (nSPS) is 25.5. The van der Waals surface area contributed by atoms with E-state index in [4.69, 9.17) is 14.5 Å². The predicted octanol–water partition coefficient (Wildman–Crippen LogP) is 7.62. The van der Waals surface area contributed by atoms with Crippen molar-refractivity contribution in [2.45, 2.75) is 110 Å². The Morgan fingerprint density at radius 1 is 1.02 bits per heavy atom. The van der Waals surface area contributed by atoms with Crippen LogP contribution in [-0.4, -0.2) is 51.9 Å². The molecule has 2 heterocycles. The summed E-state index contributed by atoms with van der Waals surface area (Å²) in [7, 11) is 1.73. The van der Waals surface area contributed by atoms with Crippen LogP contribution in [0.5, 0.6) is 5.75 Å². The van der Waals surface area contributed by atoms with Gasteiger partial charge in [0, 0.05) is 42.8 Å². The molecular weight excluding hydrogens is 590 g/mol. The quantitative estimate of drug-likeness (QED) is 0.199. The zero-order chi connectivity index (χ0) is 33.2.